The van der Waals surface area contributed by atoms with E-state index in [4.69, 9.17) is 0 Å². The first-order valence-corrected chi connectivity index (χ1v) is 5.81. The first kappa shape index (κ1) is 13.8. The van der Waals surface area contributed by atoms with Gasteiger partial charge >= 0.3 is 5.97 Å². The molecule has 1 atom stereocenters. The van der Waals surface area contributed by atoms with Crippen LogP contribution in [-0.2, 0) is 9.53 Å². The highest BCUT2D eigenvalue weighted by Gasteiger charge is 2.21. The van der Waals surface area contributed by atoms with Gasteiger partial charge in [0, 0.05) is 16.0 Å². The summed E-state index contributed by atoms with van der Waals surface area (Å²) in [6.45, 7) is 1.63. The number of ether oxygens (including phenoxy) is 1. The van der Waals surface area contributed by atoms with Gasteiger partial charge in [-0.2, -0.15) is 0 Å². The number of halogens is 2. The summed E-state index contributed by atoms with van der Waals surface area (Å²) >= 11 is 3.12. The highest BCUT2D eigenvalue weighted by atomic mass is 79.9. The third-order valence-electron chi connectivity index (χ3n) is 2.34. The maximum atomic E-state index is 12.9. The van der Waals surface area contributed by atoms with E-state index in [-0.39, 0.29) is 12.2 Å². The Kier molecular flexibility index (Phi) is 4.81. The monoisotopic (exact) mass is 302 g/mol. The number of Topliss-reactive ketones (excluding diaryl/α,β-unsaturated/α-hetero) is 1. The van der Waals surface area contributed by atoms with Crippen LogP contribution in [0.1, 0.15) is 23.7 Å². The molecule has 0 spiro atoms. The van der Waals surface area contributed by atoms with Gasteiger partial charge in [0.15, 0.2) is 5.78 Å². The number of rotatable bonds is 4. The van der Waals surface area contributed by atoms with Crippen LogP contribution >= 0.6 is 15.9 Å². The number of ketones is 1. The maximum absolute atomic E-state index is 12.9. The van der Waals surface area contributed by atoms with Crippen molar-refractivity contribution >= 4 is 27.7 Å². The van der Waals surface area contributed by atoms with Gasteiger partial charge < -0.3 is 4.74 Å². The summed E-state index contributed by atoms with van der Waals surface area (Å²) in [5, 5.41) is 0. The van der Waals surface area contributed by atoms with Crippen molar-refractivity contribution in [2.24, 2.45) is 5.92 Å². The number of hydrogen-bond acceptors (Lipinski definition) is 3. The number of carbonyl (C=O) groups is 2. The molecule has 0 aliphatic heterocycles. The highest BCUT2D eigenvalue weighted by molar-refractivity contribution is 9.10. The van der Waals surface area contributed by atoms with E-state index in [1.807, 2.05) is 0 Å². The highest BCUT2D eigenvalue weighted by Crippen LogP contribution is 2.22. The van der Waals surface area contributed by atoms with E-state index in [1.165, 1.54) is 25.3 Å². The van der Waals surface area contributed by atoms with Gasteiger partial charge in [0.05, 0.1) is 13.5 Å². The first-order chi connectivity index (χ1) is 7.95. The van der Waals surface area contributed by atoms with E-state index >= 15 is 0 Å². The lowest BCUT2D eigenvalue weighted by Crippen LogP contribution is -2.17. The molecular formula is C12H12BrFO3. The molecule has 0 amide bonds. The average Bonchev–Trinajstić information content (AvgIpc) is 2.28. The van der Waals surface area contributed by atoms with Crippen LogP contribution in [0.5, 0.6) is 0 Å². The molecule has 0 N–H and O–H groups in total. The van der Waals surface area contributed by atoms with E-state index in [0.29, 0.717) is 10.0 Å². The van der Waals surface area contributed by atoms with Gasteiger partial charge in [-0.1, -0.05) is 6.92 Å². The summed E-state index contributed by atoms with van der Waals surface area (Å²) in [5.74, 6) is -1.58. The molecule has 0 aromatic heterocycles. The molecule has 1 aromatic rings. The predicted octanol–water partition coefficient (Wildman–Crippen LogP) is 2.97. The lowest BCUT2D eigenvalue weighted by molar-refractivity contribution is -0.141. The number of methoxy groups -OCH3 is 1. The molecular weight excluding hydrogens is 291 g/mol. The number of benzene rings is 1. The van der Waals surface area contributed by atoms with Crippen LogP contribution in [0.4, 0.5) is 4.39 Å². The third kappa shape index (κ3) is 3.63. The molecule has 5 heteroatoms. The SMILES string of the molecule is COC(=O)CC(C)C(=O)c1ccc(F)cc1Br. The minimum Gasteiger partial charge on any atom is -0.469 e. The molecule has 92 valence electrons. The van der Waals surface area contributed by atoms with Gasteiger partial charge in [0.2, 0.25) is 0 Å². The third-order valence-corrected chi connectivity index (χ3v) is 3.00. The summed E-state index contributed by atoms with van der Waals surface area (Å²) in [4.78, 5) is 23.0. The Hall–Kier alpha value is -1.23. The minimum absolute atomic E-state index is 0.0130. The van der Waals surface area contributed by atoms with E-state index in [9.17, 15) is 14.0 Å². The van der Waals surface area contributed by atoms with Crippen molar-refractivity contribution in [3.05, 3.63) is 34.1 Å². The van der Waals surface area contributed by atoms with Crippen LogP contribution in [0.25, 0.3) is 0 Å². The second-order valence-corrected chi connectivity index (χ2v) is 4.52. The quantitative estimate of drug-likeness (QED) is 0.634. The van der Waals surface area contributed by atoms with Crippen molar-refractivity contribution in [1.29, 1.82) is 0 Å². The maximum Gasteiger partial charge on any atom is 0.306 e. The molecule has 0 aliphatic carbocycles. The second kappa shape index (κ2) is 5.91. The van der Waals surface area contributed by atoms with Crippen molar-refractivity contribution in [3.8, 4) is 0 Å². The molecule has 0 saturated heterocycles. The second-order valence-electron chi connectivity index (χ2n) is 3.67. The van der Waals surface area contributed by atoms with Crippen LogP contribution in [0.15, 0.2) is 22.7 Å². The molecule has 1 aromatic carbocycles. The summed E-state index contributed by atoms with van der Waals surface area (Å²) in [7, 11) is 1.27. The van der Waals surface area contributed by atoms with Crippen LogP contribution < -0.4 is 0 Å². The summed E-state index contributed by atoms with van der Waals surface area (Å²) in [6, 6.07) is 3.83. The molecule has 0 saturated carbocycles. The van der Waals surface area contributed by atoms with E-state index in [1.54, 1.807) is 6.92 Å². The normalized spacial score (nSPS) is 12.0. The van der Waals surface area contributed by atoms with Crippen molar-refractivity contribution in [1.82, 2.24) is 0 Å². The standard InChI is InChI=1S/C12H12BrFO3/c1-7(5-11(15)17-2)12(16)9-4-3-8(14)6-10(9)13/h3-4,6-7H,5H2,1-2H3. The Bertz CT molecular complexity index is 445. The van der Waals surface area contributed by atoms with Crippen LogP contribution in [0, 0.1) is 11.7 Å². The summed E-state index contributed by atoms with van der Waals surface area (Å²) in [6.07, 6.45) is 0.0130. The smallest absolute Gasteiger partial charge is 0.306 e. The first-order valence-electron chi connectivity index (χ1n) is 5.01. The Labute approximate surface area is 107 Å². The van der Waals surface area contributed by atoms with Crippen LogP contribution in [0.2, 0.25) is 0 Å². The van der Waals surface area contributed by atoms with Crippen molar-refractivity contribution in [2.75, 3.05) is 7.11 Å². The van der Waals surface area contributed by atoms with Crippen molar-refractivity contribution in [2.45, 2.75) is 13.3 Å². The predicted molar refractivity (Wildman–Crippen MR) is 64.2 cm³/mol. The van der Waals surface area contributed by atoms with Gasteiger partial charge in [-0.25, -0.2) is 4.39 Å². The molecule has 0 bridgehead atoms. The molecule has 0 aliphatic rings. The molecule has 17 heavy (non-hydrogen) atoms. The molecule has 0 heterocycles. The molecule has 1 unspecified atom stereocenters. The van der Waals surface area contributed by atoms with Gasteiger partial charge in [-0.3, -0.25) is 9.59 Å². The fourth-order valence-electron chi connectivity index (χ4n) is 1.38. The van der Waals surface area contributed by atoms with Gasteiger partial charge in [-0.05, 0) is 34.1 Å². The fraction of sp³-hybridized carbons (Fsp3) is 0.333. The lowest BCUT2D eigenvalue weighted by atomic mass is 9.96. The fourth-order valence-corrected chi connectivity index (χ4v) is 1.93. The summed E-state index contributed by atoms with van der Waals surface area (Å²) in [5.41, 5.74) is 0.364. The van der Waals surface area contributed by atoms with Gasteiger partial charge in [0.25, 0.3) is 0 Å². The molecule has 3 nitrogen and oxygen atoms in total. The van der Waals surface area contributed by atoms with Crippen molar-refractivity contribution < 1.29 is 18.7 Å². The Morgan fingerprint density at radius 1 is 1.47 bits per heavy atom. The number of esters is 1. The van der Waals surface area contributed by atoms with E-state index in [0.717, 1.165) is 0 Å². The molecule has 1 rings (SSSR count). The Morgan fingerprint density at radius 2 is 2.12 bits per heavy atom. The minimum atomic E-state index is -0.496. The Balaban J connectivity index is 2.85. The average molecular weight is 303 g/mol. The molecule has 0 radical (unpaired) electrons. The summed E-state index contributed by atoms with van der Waals surface area (Å²) < 4.78 is 17.7. The van der Waals surface area contributed by atoms with E-state index < -0.39 is 17.7 Å². The topological polar surface area (TPSA) is 43.4 Å². The van der Waals surface area contributed by atoms with Crippen LogP contribution in [0.3, 0.4) is 0 Å². The van der Waals surface area contributed by atoms with Crippen LogP contribution in [-0.4, -0.2) is 18.9 Å². The Morgan fingerprint density at radius 3 is 2.65 bits per heavy atom. The van der Waals surface area contributed by atoms with Gasteiger partial charge in [-0.15, -0.1) is 0 Å². The number of carbonyl (C=O) groups excluding carboxylic acids is 2. The largest absolute Gasteiger partial charge is 0.469 e. The zero-order chi connectivity index (χ0) is 13.0. The van der Waals surface area contributed by atoms with E-state index in [2.05, 4.69) is 20.7 Å². The number of hydrogen-bond donors (Lipinski definition) is 0. The molecule has 0 fully saturated rings. The van der Waals surface area contributed by atoms with Gasteiger partial charge in [0.1, 0.15) is 5.82 Å². The zero-order valence-corrected chi connectivity index (χ0v) is 11.1. The lowest BCUT2D eigenvalue weighted by Gasteiger charge is -2.10. The zero-order valence-electron chi connectivity index (χ0n) is 9.50. The van der Waals surface area contributed by atoms with Crippen molar-refractivity contribution in [3.63, 3.8) is 0 Å².